The van der Waals surface area contributed by atoms with E-state index in [0.717, 1.165) is 47.2 Å². The van der Waals surface area contributed by atoms with Crippen molar-refractivity contribution in [3.63, 3.8) is 0 Å². The van der Waals surface area contributed by atoms with E-state index in [1.165, 1.54) is 12.1 Å². The van der Waals surface area contributed by atoms with Crippen molar-refractivity contribution in [3.05, 3.63) is 59.5 Å². The van der Waals surface area contributed by atoms with Crippen LogP contribution in [0, 0.1) is 18.7 Å². The van der Waals surface area contributed by atoms with Crippen LogP contribution in [-0.2, 0) is 10.0 Å². The summed E-state index contributed by atoms with van der Waals surface area (Å²) < 4.78 is 42.8. The number of benzene rings is 2. The molecule has 0 aliphatic carbocycles. The molecule has 1 aliphatic heterocycles. The van der Waals surface area contributed by atoms with E-state index >= 15 is 0 Å². The summed E-state index contributed by atoms with van der Waals surface area (Å²) in [5.41, 5.74) is 3.99. The topological polar surface area (TPSA) is 58.4 Å². The minimum atomic E-state index is -3.29. The van der Waals surface area contributed by atoms with Gasteiger partial charge in [-0.2, -0.15) is 9.40 Å². The van der Waals surface area contributed by atoms with Gasteiger partial charge in [0.2, 0.25) is 10.0 Å². The molecule has 6 nitrogen and oxygen atoms in total. The third kappa shape index (κ3) is 4.98. The van der Waals surface area contributed by atoms with Crippen molar-refractivity contribution >= 4 is 20.9 Å². The number of hydrogen-bond donors (Lipinski definition) is 0. The molecule has 33 heavy (non-hydrogen) atoms. The Kier molecular flexibility index (Phi) is 6.88. The Labute approximate surface area is 196 Å². The molecule has 2 aromatic carbocycles. The predicted octanol–water partition coefficient (Wildman–Crippen LogP) is 4.53. The Hall–Kier alpha value is -2.29. The number of aryl methyl sites for hydroxylation is 1. The number of aromatic nitrogens is 2. The van der Waals surface area contributed by atoms with Crippen molar-refractivity contribution in [3.8, 4) is 5.69 Å². The van der Waals surface area contributed by atoms with Gasteiger partial charge in [0.05, 0.1) is 23.2 Å². The van der Waals surface area contributed by atoms with Gasteiger partial charge in [0.25, 0.3) is 0 Å². The molecule has 0 saturated carbocycles. The summed E-state index contributed by atoms with van der Waals surface area (Å²) in [6, 6.07) is 10.5. The maximum atomic E-state index is 13.4. The second kappa shape index (κ2) is 9.52. The zero-order valence-corrected chi connectivity index (χ0v) is 20.6. The number of halogens is 1. The molecule has 3 aromatic rings. The van der Waals surface area contributed by atoms with E-state index in [4.69, 9.17) is 0 Å². The number of hydrogen-bond acceptors (Lipinski definition) is 4. The highest BCUT2D eigenvalue weighted by atomic mass is 32.2. The monoisotopic (exact) mass is 472 g/mol. The fourth-order valence-electron chi connectivity index (χ4n) is 4.77. The summed E-state index contributed by atoms with van der Waals surface area (Å²) in [4.78, 5) is 2.40. The van der Waals surface area contributed by atoms with Crippen LogP contribution < -0.4 is 0 Å². The Morgan fingerprint density at radius 2 is 1.88 bits per heavy atom. The summed E-state index contributed by atoms with van der Waals surface area (Å²) in [6.45, 7) is 10.8. The van der Waals surface area contributed by atoms with Crippen LogP contribution in [0.5, 0.6) is 0 Å². The lowest BCUT2D eigenvalue weighted by atomic mass is 9.96. The minimum absolute atomic E-state index is 0.000733. The van der Waals surface area contributed by atoms with E-state index in [1.54, 1.807) is 16.4 Å². The van der Waals surface area contributed by atoms with Gasteiger partial charge in [-0.05, 0) is 73.3 Å². The minimum Gasteiger partial charge on any atom is -0.294 e. The molecule has 1 fully saturated rings. The highest BCUT2D eigenvalue weighted by molar-refractivity contribution is 7.89. The zero-order valence-electron chi connectivity index (χ0n) is 19.8. The first-order valence-electron chi connectivity index (χ1n) is 11.7. The first kappa shape index (κ1) is 23.9. The lowest BCUT2D eigenvalue weighted by Crippen LogP contribution is -2.51. The molecule has 0 bridgehead atoms. The average Bonchev–Trinajstić information content (AvgIpc) is 3.16. The van der Waals surface area contributed by atoms with Gasteiger partial charge in [0, 0.05) is 31.1 Å². The molecule has 2 heterocycles. The molecule has 178 valence electrons. The van der Waals surface area contributed by atoms with E-state index in [9.17, 15) is 12.8 Å². The third-order valence-corrected chi connectivity index (χ3v) is 8.49. The van der Waals surface area contributed by atoms with Crippen molar-refractivity contribution in [1.82, 2.24) is 19.0 Å². The molecular weight excluding hydrogens is 439 g/mol. The number of sulfonamides is 1. The zero-order chi connectivity index (χ0) is 23.8. The van der Waals surface area contributed by atoms with Gasteiger partial charge in [0.15, 0.2) is 0 Å². The number of rotatable bonds is 7. The van der Waals surface area contributed by atoms with Crippen LogP contribution in [0.15, 0.2) is 42.6 Å². The van der Waals surface area contributed by atoms with Gasteiger partial charge in [-0.1, -0.05) is 20.8 Å². The predicted molar refractivity (Wildman–Crippen MR) is 131 cm³/mol. The smallest absolute Gasteiger partial charge is 0.214 e. The van der Waals surface area contributed by atoms with E-state index < -0.39 is 10.0 Å². The fourth-order valence-corrected chi connectivity index (χ4v) is 6.55. The second-order valence-corrected chi connectivity index (χ2v) is 11.4. The molecule has 0 unspecified atom stereocenters. The van der Waals surface area contributed by atoms with Crippen molar-refractivity contribution in [2.75, 3.05) is 31.9 Å². The maximum absolute atomic E-state index is 13.4. The first-order valence-corrected chi connectivity index (χ1v) is 13.3. The average molecular weight is 473 g/mol. The molecule has 1 saturated heterocycles. The van der Waals surface area contributed by atoms with Crippen molar-refractivity contribution < 1.29 is 12.8 Å². The Bertz CT molecular complexity index is 1220. The molecule has 0 amide bonds. The Morgan fingerprint density at radius 3 is 2.55 bits per heavy atom. The van der Waals surface area contributed by atoms with Gasteiger partial charge in [-0.15, -0.1) is 0 Å². The van der Waals surface area contributed by atoms with Crippen molar-refractivity contribution in [2.45, 2.75) is 40.2 Å². The van der Waals surface area contributed by atoms with Crippen LogP contribution in [0.4, 0.5) is 4.39 Å². The molecule has 0 spiro atoms. The summed E-state index contributed by atoms with van der Waals surface area (Å²) in [6.07, 6.45) is 2.83. The SMILES string of the molecule is CCCN1CCN(S(=O)(=O)CC(C)C)C[C@@H]1c1cc2cnn(-c3ccc(F)cc3)c2cc1C. The van der Waals surface area contributed by atoms with Gasteiger partial charge < -0.3 is 0 Å². The summed E-state index contributed by atoms with van der Waals surface area (Å²) in [5.74, 6) is -0.00728. The highest BCUT2D eigenvalue weighted by Crippen LogP contribution is 2.33. The fraction of sp³-hybridized carbons (Fsp3) is 0.480. The largest absolute Gasteiger partial charge is 0.294 e. The van der Waals surface area contributed by atoms with Gasteiger partial charge in [-0.3, -0.25) is 4.90 Å². The van der Waals surface area contributed by atoms with E-state index in [2.05, 4.69) is 36.0 Å². The molecule has 8 heteroatoms. The number of nitrogens with zero attached hydrogens (tertiary/aromatic N) is 4. The molecular formula is C25H33FN4O2S. The van der Waals surface area contributed by atoms with Gasteiger partial charge in [0.1, 0.15) is 5.82 Å². The lowest BCUT2D eigenvalue weighted by molar-refractivity contribution is 0.118. The van der Waals surface area contributed by atoms with Crippen LogP contribution in [0.3, 0.4) is 0 Å². The molecule has 4 rings (SSSR count). The first-order chi connectivity index (χ1) is 15.7. The number of piperazine rings is 1. The Balaban J connectivity index is 1.71. The lowest BCUT2D eigenvalue weighted by Gasteiger charge is -2.41. The van der Waals surface area contributed by atoms with Gasteiger partial charge >= 0.3 is 0 Å². The van der Waals surface area contributed by atoms with Gasteiger partial charge in [-0.25, -0.2) is 17.5 Å². The highest BCUT2D eigenvalue weighted by Gasteiger charge is 2.34. The van der Waals surface area contributed by atoms with Crippen LogP contribution >= 0.6 is 0 Å². The van der Waals surface area contributed by atoms with Crippen LogP contribution in [0.25, 0.3) is 16.6 Å². The normalized spacial score (nSPS) is 18.4. The standard InChI is InChI=1S/C25H33FN4O2S/c1-5-10-28-11-12-29(33(31,32)17-18(2)3)16-25(28)23-14-20-15-27-30(24(20)13-19(23)4)22-8-6-21(26)7-9-22/h6-9,13-15,18,25H,5,10-12,16-17H2,1-4H3/t25-/m1/s1. The quantitative estimate of drug-likeness (QED) is 0.507. The summed E-state index contributed by atoms with van der Waals surface area (Å²) >= 11 is 0. The van der Waals surface area contributed by atoms with E-state index in [0.29, 0.717) is 13.1 Å². The maximum Gasteiger partial charge on any atom is 0.214 e. The van der Waals surface area contributed by atoms with Crippen LogP contribution in [0.1, 0.15) is 44.4 Å². The number of fused-ring (bicyclic) bond motifs is 1. The summed E-state index contributed by atoms with van der Waals surface area (Å²) in [5, 5.41) is 5.52. The molecule has 0 N–H and O–H groups in total. The summed E-state index contributed by atoms with van der Waals surface area (Å²) in [7, 11) is -3.29. The van der Waals surface area contributed by atoms with Crippen molar-refractivity contribution in [2.24, 2.45) is 5.92 Å². The molecule has 0 radical (unpaired) electrons. The molecule has 1 aliphatic rings. The Morgan fingerprint density at radius 1 is 1.15 bits per heavy atom. The van der Waals surface area contributed by atoms with E-state index in [-0.39, 0.29) is 23.5 Å². The molecule has 1 atom stereocenters. The van der Waals surface area contributed by atoms with Crippen LogP contribution in [0.2, 0.25) is 0 Å². The van der Waals surface area contributed by atoms with E-state index in [1.807, 2.05) is 24.7 Å². The third-order valence-electron chi connectivity index (χ3n) is 6.29. The van der Waals surface area contributed by atoms with Crippen LogP contribution in [-0.4, -0.2) is 59.3 Å². The second-order valence-electron chi connectivity index (χ2n) is 9.38. The van der Waals surface area contributed by atoms with Crippen molar-refractivity contribution in [1.29, 1.82) is 0 Å². The molecule has 1 aromatic heterocycles.